The number of carbonyl (C=O) groups is 1. The fourth-order valence-corrected chi connectivity index (χ4v) is 3.73. The van der Waals surface area contributed by atoms with Crippen LogP contribution < -0.4 is 18.9 Å². The third-order valence-electron chi connectivity index (χ3n) is 5.18. The van der Waals surface area contributed by atoms with E-state index >= 15 is 0 Å². The maximum atomic E-state index is 12.9. The van der Waals surface area contributed by atoms with E-state index in [9.17, 15) is 4.79 Å². The van der Waals surface area contributed by atoms with Gasteiger partial charge in [0.2, 0.25) is 0 Å². The first-order valence-electron chi connectivity index (χ1n) is 9.65. The third-order valence-corrected chi connectivity index (χ3v) is 5.18. The van der Waals surface area contributed by atoms with Gasteiger partial charge in [-0.05, 0) is 36.2 Å². The smallest absolute Gasteiger partial charge is 0.191 e. The molecule has 3 aliphatic rings. The van der Waals surface area contributed by atoms with Crippen molar-refractivity contribution in [2.75, 3.05) is 26.4 Å². The van der Waals surface area contributed by atoms with Gasteiger partial charge in [-0.1, -0.05) is 12.1 Å². The second-order valence-electron chi connectivity index (χ2n) is 7.09. The highest BCUT2D eigenvalue weighted by Gasteiger charge is 2.30. The number of hydrogen-bond donors (Lipinski definition) is 0. The van der Waals surface area contributed by atoms with Crippen LogP contribution in [-0.4, -0.2) is 44.0 Å². The average molecular weight is 379 g/mol. The van der Waals surface area contributed by atoms with Crippen molar-refractivity contribution >= 4 is 11.5 Å². The largest absolute Gasteiger partial charge is 0.490 e. The van der Waals surface area contributed by atoms with E-state index in [2.05, 4.69) is 4.99 Å². The molecule has 6 nitrogen and oxygen atoms in total. The molecule has 0 aromatic heterocycles. The summed E-state index contributed by atoms with van der Waals surface area (Å²) in [5.74, 6) is 2.75. The second kappa shape index (κ2) is 7.19. The van der Waals surface area contributed by atoms with E-state index in [1.165, 1.54) is 0 Å². The van der Waals surface area contributed by atoms with Crippen molar-refractivity contribution in [2.45, 2.75) is 25.4 Å². The summed E-state index contributed by atoms with van der Waals surface area (Å²) in [4.78, 5) is 17.5. The molecule has 3 aliphatic heterocycles. The van der Waals surface area contributed by atoms with Gasteiger partial charge in [-0.3, -0.25) is 9.79 Å². The number of rotatable bonds is 3. The van der Waals surface area contributed by atoms with E-state index in [1.54, 1.807) is 0 Å². The van der Waals surface area contributed by atoms with Crippen LogP contribution in [0.1, 0.15) is 24.0 Å². The van der Waals surface area contributed by atoms with Crippen LogP contribution in [0.2, 0.25) is 0 Å². The minimum Gasteiger partial charge on any atom is -0.490 e. The molecule has 0 saturated heterocycles. The first kappa shape index (κ1) is 17.1. The molecule has 0 radical (unpaired) electrons. The Balaban J connectivity index is 1.36. The average Bonchev–Trinajstić information content (AvgIpc) is 2.97. The van der Waals surface area contributed by atoms with Crippen LogP contribution in [0.5, 0.6) is 23.0 Å². The van der Waals surface area contributed by atoms with Gasteiger partial charge >= 0.3 is 0 Å². The van der Waals surface area contributed by atoms with Crippen molar-refractivity contribution in [1.82, 2.24) is 0 Å². The van der Waals surface area contributed by atoms with Gasteiger partial charge < -0.3 is 18.9 Å². The maximum absolute atomic E-state index is 12.9. The van der Waals surface area contributed by atoms with E-state index in [4.69, 9.17) is 18.9 Å². The standard InChI is InChI=1S/C22H21NO5/c24-17(22-13-27-18-4-1-2-5-19(18)28-22)12-16-15-11-21-20(25-8-3-9-26-21)10-14(15)6-7-23-16/h1-2,4-5,10-11,22H,3,6-9,12-13H2/t22-/m1/s1. The molecule has 0 aliphatic carbocycles. The molecule has 0 unspecified atom stereocenters. The molecule has 0 fully saturated rings. The second-order valence-corrected chi connectivity index (χ2v) is 7.09. The zero-order valence-corrected chi connectivity index (χ0v) is 15.5. The molecule has 6 heteroatoms. The topological polar surface area (TPSA) is 66.4 Å². The summed E-state index contributed by atoms with van der Waals surface area (Å²) in [6.07, 6.45) is 1.28. The third kappa shape index (κ3) is 3.19. The number of aliphatic imine (C=N–C) groups is 1. The van der Waals surface area contributed by atoms with Crippen molar-refractivity contribution in [3.8, 4) is 23.0 Å². The molecule has 3 heterocycles. The van der Waals surface area contributed by atoms with Crippen LogP contribution in [0.15, 0.2) is 41.4 Å². The number of carbonyl (C=O) groups excluding carboxylic acids is 1. The molecular formula is C22H21NO5. The van der Waals surface area contributed by atoms with Crippen LogP contribution >= 0.6 is 0 Å². The molecule has 0 amide bonds. The predicted molar refractivity (Wildman–Crippen MR) is 103 cm³/mol. The number of nitrogens with zero attached hydrogens (tertiary/aromatic N) is 1. The van der Waals surface area contributed by atoms with E-state index in [1.807, 2.05) is 36.4 Å². The van der Waals surface area contributed by atoms with Gasteiger partial charge in [0.05, 0.1) is 19.6 Å². The summed E-state index contributed by atoms with van der Waals surface area (Å²) in [7, 11) is 0. The number of fused-ring (bicyclic) bond motifs is 3. The number of Topliss-reactive ketones (excluding diaryl/α,β-unsaturated/α-hetero) is 1. The van der Waals surface area contributed by atoms with Crippen molar-refractivity contribution in [3.05, 3.63) is 47.5 Å². The van der Waals surface area contributed by atoms with Crippen molar-refractivity contribution < 1.29 is 23.7 Å². The lowest BCUT2D eigenvalue weighted by Gasteiger charge is -2.26. The SMILES string of the molecule is O=C(CC1=NCCc2cc3c(cc21)OCCCO3)[C@H]1COc2ccccc2O1. The number of hydrogen-bond acceptors (Lipinski definition) is 6. The molecule has 28 heavy (non-hydrogen) atoms. The normalized spacial score (nSPS) is 19.9. The molecular weight excluding hydrogens is 358 g/mol. The van der Waals surface area contributed by atoms with Crippen molar-refractivity contribution in [2.24, 2.45) is 4.99 Å². The van der Waals surface area contributed by atoms with E-state index in [0.717, 1.165) is 41.2 Å². The number of para-hydroxylation sites is 2. The summed E-state index contributed by atoms with van der Waals surface area (Å²) in [6, 6.07) is 11.4. The summed E-state index contributed by atoms with van der Waals surface area (Å²) in [5, 5.41) is 0. The molecule has 0 saturated carbocycles. The molecule has 144 valence electrons. The number of ether oxygens (including phenoxy) is 4. The highest BCUT2D eigenvalue weighted by Crippen LogP contribution is 2.35. The lowest BCUT2D eigenvalue weighted by molar-refractivity contribution is -0.126. The fourth-order valence-electron chi connectivity index (χ4n) is 3.73. The van der Waals surface area contributed by atoms with Crippen LogP contribution in [0, 0.1) is 0 Å². The minimum absolute atomic E-state index is 0.0341. The Labute approximate surface area is 163 Å². The Hall–Kier alpha value is -3.02. The molecule has 1 atom stereocenters. The van der Waals surface area contributed by atoms with E-state index < -0.39 is 6.10 Å². The molecule has 0 N–H and O–H groups in total. The summed E-state index contributed by atoms with van der Waals surface area (Å²) < 4.78 is 23.1. The van der Waals surface area contributed by atoms with Crippen molar-refractivity contribution in [1.29, 1.82) is 0 Å². The molecule has 5 rings (SSSR count). The van der Waals surface area contributed by atoms with Gasteiger partial charge in [-0.25, -0.2) is 0 Å². The molecule has 0 spiro atoms. The van der Waals surface area contributed by atoms with Crippen LogP contribution in [0.25, 0.3) is 0 Å². The number of benzene rings is 2. The summed E-state index contributed by atoms with van der Waals surface area (Å²) >= 11 is 0. The van der Waals surface area contributed by atoms with Crippen LogP contribution in [0.3, 0.4) is 0 Å². The molecule has 2 aromatic carbocycles. The lowest BCUT2D eigenvalue weighted by Crippen LogP contribution is -2.38. The van der Waals surface area contributed by atoms with Gasteiger partial charge in [-0.2, -0.15) is 0 Å². The van der Waals surface area contributed by atoms with Gasteiger partial charge in [0, 0.05) is 24.2 Å². The quantitative estimate of drug-likeness (QED) is 0.820. The van der Waals surface area contributed by atoms with Crippen LogP contribution in [0.4, 0.5) is 0 Å². The Morgan fingerprint density at radius 2 is 1.79 bits per heavy atom. The van der Waals surface area contributed by atoms with E-state index in [0.29, 0.717) is 31.3 Å². The van der Waals surface area contributed by atoms with Crippen molar-refractivity contribution in [3.63, 3.8) is 0 Å². The predicted octanol–water partition coefficient (Wildman–Crippen LogP) is 2.99. The first-order valence-corrected chi connectivity index (χ1v) is 9.65. The lowest BCUT2D eigenvalue weighted by atomic mass is 9.93. The van der Waals surface area contributed by atoms with Crippen LogP contribution in [-0.2, 0) is 11.2 Å². The van der Waals surface area contributed by atoms with Gasteiger partial charge in [0.1, 0.15) is 6.61 Å². The summed E-state index contributed by atoms with van der Waals surface area (Å²) in [6.45, 7) is 2.17. The number of ketones is 1. The first-order chi connectivity index (χ1) is 13.8. The van der Waals surface area contributed by atoms with Gasteiger partial charge in [0.15, 0.2) is 34.9 Å². The van der Waals surface area contributed by atoms with E-state index in [-0.39, 0.29) is 18.8 Å². The minimum atomic E-state index is -0.622. The monoisotopic (exact) mass is 379 g/mol. The Bertz CT molecular complexity index is 952. The fraction of sp³-hybridized carbons (Fsp3) is 0.364. The Kier molecular flexibility index (Phi) is 4.39. The zero-order valence-electron chi connectivity index (χ0n) is 15.5. The maximum Gasteiger partial charge on any atom is 0.191 e. The Morgan fingerprint density at radius 1 is 1.00 bits per heavy atom. The molecule has 0 bridgehead atoms. The molecule has 2 aromatic rings. The highest BCUT2D eigenvalue weighted by atomic mass is 16.6. The zero-order chi connectivity index (χ0) is 18.9. The van der Waals surface area contributed by atoms with Gasteiger partial charge in [0.25, 0.3) is 0 Å². The summed E-state index contributed by atoms with van der Waals surface area (Å²) in [5.41, 5.74) is 2.90. The van der Waals surface area contributed by atoms with Gasteiger partial charge in [-0.15, -0.1) is 0 Å². The highest BCUT2D eigenvalue weighted by molar-refractivity contribution is 6.13. The Morgan fingerprint density at radius 3 is 2.64 bits per heavy atom.